The van der Waals surface area contributed by atoms with Gasteiger partial charge in [0.2, 0.25) is 0 Å². The molecule has 0 saturated heterocycles. The van der Waals surface area contributed by atoms with Gasteiger partial charge in [0.25, 0.3) is 0 Å². The molecule has 0 aliphatic carbocycles. The van der Waals surface area contributed by atoms with Crippen LogP contribution in [0.2, 0.25) is 0 Å². The summed E-state index contributed by atoms with van der Waals surface area (Å²) in [5.41, 5.74) is 4.74. The first-order chi connectivity index (χ1) is 8.61. The van der Waals surface area contributed by atoms with Gasteiger partial charge in [-0.1, -0.05) is 6.07 Å². The lowest BCUT2D eigenvalue weighted by molar-refractivity contribution is 0.413. The molecule has 0 fully saturated rings. The molecule has 0 aliphatic rings. The van der Waals surface area contributed by atoms with Crippen molar-refractivity contribution in [3.05, 3.63) is 57.7 Å². The number of furan rings is 1. The molecule has 1 atom stereocenters. The van der Waals surface area contributed by atoms with E-state index in [2.05, 4.69) is 21.4 Å². The topological polar surface area (TPSA) is 51.2 Å². The second-order valence-electron chi connectivity index (χ2n) is 4.14. The van der Waals surface area contributed by atoms with Gasteiger partial charge in [-0.2, -0.15) is 0 Å². The quantitative estimate of drug-likeness (QED) is 0.673. The van der Waals surface area contributed by atoms with Gasteiger partial charge in [-0.15, -0.1) is 0 Å². The fraction of sp³-hybridized carbons (Fsp3) is 0.231. The molecule has 0 aliphatic heterocycles. The highest BCUT2D eigenvalue weighted by molar-refractivity contribution is 9.10. The summed E-state index contributed by atoms with van der Waals surface area (Å²) >= 11 is 3.17. The number of aryl methyl sites for hydroxylation is 1. The number of nitrogens with one attached hydrogen (secondary N) is 1. The minimum Gasteiger partial charge on any atom is -0.467 e. The molecule has 1 unspecified atom stereocenters. The Labute approximate surface area is 113 Å². The summed E-state index contributed by atoms with van der Waals surface area (Å²) in [5.74, 6) is 6.08. The molecule has 1 aromatic heterocycles. The van der Waals surface area contributed by atoms with Gasteiger partial charge in [0.05, 0.1) is 16.8 Å². The second kappa shape index (κ2) is 5.65. The Kier molecular flexibility index (Phi) is 4.16. The van der Waals surface area contributed by atoms with Gasteiger partial charge >= 0.3 is 0 Å². The first-order valence-corrected chi connectivity index (χ1v) is 6.35. The SMILES string of the molecule is Cc1ccoc1C(Cc1ccc(F)c(Br)c1)NN. The molecule has 1 heterocycles. The number of benzene rings is 1. The van der Waals surface area contributed by atoms with E-state index in [0.717, 1.165) is 16.9 Å². The predicted molar refractivity (Wildman–Crippen MR) is 71.3 cm³/mol. The molecular weight excluding hydrogens is 299 g/mol. The van der Waals surface area contributed by atoms with Gasteiger partial charge in [-0.25, -0.2) is 9.82 Å². The highest BCUT2D eigenvalue weighted by Gasteiger charge is 2.16. The molecule has 0 saturated carbocycles. The van der Waals surface area contributed by atoms with E-state index in [1.807, 2.05) is 13.0 Å². The van der Waals surface area contributed by atoms with Gasteiger partial charge in [0.1, 0.15) is 11.6 Å². The van der Waals surface area contributed by atoms with Crippen LogP contribution in [0.4, 0.5) is 4.39 Å². The van der Waals surface area contributed by atoms with Gasteiger partial charge < -0.3 is 4.42 Å². The highest BCUT2D eigenvalue weighted by atomic mass is 79.9. The van der Waals surface area contributed by atoms with E-state index in [1.165, 1.54) is 6.07 Å². The minimum atomic E-state index is -0.273. The van der Waals surface area contributed by atoms with E-state index in [0.29, 0.717) is 10.9 Å². The van der Waals surface area contributed by atoms with E-state index in [-0.39, 0.29) is 11.9 Å². The smallest absolute Gasteiger partial charge is 0.137 e. The van der Waals surface area contributed by atoms with Crippen LogP contribution in [0.1, 0.15) is 22.9 Å². The number of hydrogen-bond acceptors (Lipinski definition) is 3. The van der Waals surface area contributed by atoms with Crippen LogP contribution < -0.4 is 11.3 Å². The molecular formula is C13H14BrFN2O. The minimum absolute atomic E-state index is 0.127. The zero-order valence-electron chi connectivity index (χ0n) is 9.91. The zero-order chi connectivity index (χ0) is 13.1. The standard InChI is InChI=1S/C13H14BrFN2O/c1-8-4-5-18-13(8)12(17-16)7-9-2-3-11(15)10(14)6-9/h2-6,12,17H,7,16H2,1H3. The van der Waals surface area contributed by atoms with Crippen molar-refractivity contribution in [1.82, 2.24) is 5.43 Å². The van der Waals surface area contributed by atoms with Crippen LogP contribution in [0.25, 0.3) is 0 Å². The maximum Gasteiger partial charge on any atom is 0.137 e. The Hall–Kier alpha value is -1.17. The number of hydrazine groups is 1. The molecule has 18 heavy (non-hydrogen) atoms. The maximum atomic E-state index is 13.1. The van der Waals surface area contributed by atoms with Gasteiger partial charge in [0, 0.05) is 0 Å². The third-order valence-electron chi connectivity index (χ3n) is 2.84. The Balaban J connectivity index is 2.20. The summed E-state index contributed by atoms with van der Waals surface area (Å²) in [6.45, 7) is 1.96. The normalized spacial score (nSPS) is 12.7. The lowest BCUT2D eigenvalue weighted by Gasteiger charge is -2.14. The third kappa shape index (κ3) is 2.80. The van der Waals surface area contributed by atoms with Crippen LogP contribution in [0, 0.1) is 12.7 Å². The number of nitrogens with two attached hydrogens (primary N) is 1. The number of rotatable bonds is 4. The third-order valence-corrected chi connectivity index (χ3v) is 3.45. The predicted octanol–water partition coefficient (Wildman–Crippen LogP) is 3.24. The molecule has 0 spiro atoms. The summed E-state index contributed by atoms with van der Waals surface area (Å²) in [4.78, 5) is 0. The molecule has 3 N–H and O–H groups in total. The molecule has 3 nitrogen and oxygen atoms in total. The molecule has 0 amide bonds. The van der Waals surface area contributed by atoms with Crippen LogP contribution in [0.15, 0.2) is 39.4 Å². The Morgan fingerprint density at radius 3 is 2.78 bits per heavy atom. The van der Waals surface area contributed by atoms with Crippen LogP contribution in [-0.4, -0.2) is 0 Å². The summed E-state index contributed by atoms with van der Waals surface area (Å²) in [7, 11) is 0. The molecule has 0 bridgehead atoms. The van der Waals surface area contributed by atoms with Gasteiger partial charge in [0.15, 0.2) is 0 Å². The van der Waals surface area contributed by atoms with E-state index in [1.54, 1.807) is 18.4 Å². The van der Waals surface area contributed by atoms with Gasteiger partial charge in [-0.3, -0.25) is 5.84 Å². The van der Waals surface area contributed by atoms with E-state index >= 15 is 0 Å². The van der Waals surface area contributed by atoms with E-state index in [4.69, 9.17) is 10.3 Å². The van der Waals surface area contributed by atoms with Crippen molar-refractivity contribution >= 4 is 15.9 Å². The summed E-state index contributed by atoms with van der Waals surface area (Å²) in [5, 5.41) is 0. The molecule has 2 aromatic rings. The fourth-order valence-corrected chi connectivity index (χ4v) is 2.30. The number of hydrogen-bond donors (Lipinski definition) is 2. The van der Waals surface area contributed by atoms with Crippen molar-refractivity contribution < 1.29 is 8.81 Å². The molecule has 2 rings (SSSR count). The highest BCUT2D eigenvalue weighted by Crippen LogP contribution is 2.24. The maximum absolute atomic E-state index is 13.1. The zero-order valence-corrected chi connectivity index (χ0v) is 11.5. The van der Waals surface area contributed by atoms with Crippen LogP contribution >= 0.6 is 15.9 Å². The molecule has 0 radical (unpaired) electrons. The molecule has 5 heteroatoms. The Morgan fingerprint density at radius 1 is 1.44 bits per heavy atom. The van der Waals surface area contributed by atoms with Crippen LogP contribution in [0.5, 0.6) is 0 Å². The van der Waals surface area contributed by atoms with Crippen molar-refractivity contribution in [2.75, 3.05) is 0 Å². The average Bonchev–Trinajstić information content (AvgIpc) is 2.77. The van der Waals surface area contributed by atoms with Crippen LogP contribution in [0.3, 0.4) is 0 Å². The van der Waals surface area contributed by atoms with Crippen molar-refractivity contribution in [3.63, 3.8) is 0 Å². The van der Waals surface area contributed by atoms with Crippen molar-refractivity contribution in [2.24, 2.45) is 5.84 Å². The van der Waals surface area contributed by atoms with Crippen molar-refractivity contribution in [2.45, 2.75) is 19.4 Å². The van der Waals surface area contributed by atoms with Crippen molar-refractivity contribution in [3.8, 4) is 0 Å². The Morgan fingerprint density at radius 2 is 2.22 bits per heavy atom. The van der Waals surface area contributed by atoms with E-state index < -0.39 is 0 Å². The summed E-state index contributed by atoms with van der Waals surface area (Å²) in [6.07, 6.45) is 2.26. The van der Waals surface area contributed by atoms with E-state index in [9.17, 15) is 4.39 Å². The molecule has 1 aromatic carbocycles. The van der Waals surface area contributed by atoms with Crippen molar-refractivity contribution in [1.29, 1.82) is 0 Å². The first-order valence-electron chi connectivity index (χ1n) is 5.56. The summed E-state index contributed by atoms with van der Waals surface area (Å²) < 4.78 is 19.0. The summed E-state index contributed by atoms with van der Waals surface area (Å²) in [6, 6.07) is 6.68. The fourth-order valence-electron chi connectivity index (χ4n) is 1.87. The monoisotopic (exact) mass is 312 g/mol. The Bertz CT molecular complexity index is 542. The lowest BCUT2D eigenvalue weighted by atomic mass is 10.0. The second-order valence-corrected chi connectivity index (χ2v) is 4.99. The van der Waals surface area contributed by atoms with Crippen LogP contribution in [-0.2, 0) is 6.42 Å². The largest absolute Gasteiger partial charge is 0.467 e. The number of halogens is 2. The lowest BCUT2D eigenvalue weighted by Crippen LogP contribution is -2.29. The van der Waals surface area contributed by atoms with Gasteiger partial charge in [-0.05, 0) is 58.6 Å². The average molecular weight is 313 g/mol. The molecule has 96 valence electrons. The first kappa shape index (κ1) is 13.3.